The van der Waals surface area contributed by atoms with Gasteiger partial charge in [0.05, 0.1) is 34.6 Å². The van der Waals surface area contributed by atoms with E-state index in [1.807, 2.05) is 17.7 Å². The summed E-state index contributed by atoms with van der Waals surface area (Å²) < 4.78 is 1.90. The molecule has 3 heterocycles. The van der Waals surface area contributed by atoms with Crippen LogP contribution in [0.15, 0.2) is 55.1 Å². The van der Waals surface area contributed by atoms with Gasteiger partial charge in [0.2, 0.25) is 5.82 Å². The molecule has 0 spiro atoms. The van der Waals surface area contributed by atoms with E-state index >= 15 is 0 Å². The number of nitrogen functional groups attached to an aromatic ring is 1. The van der Waals surface area contributed by atoms with Crippen LogP contribution in [0.3, 0.4) is 0 Å². The summed E-state index contributed by atoms with van der Waals surface area (Å²) in [5.41, 5.74) is 8.63. The average Bonchev–Trinajstić information content (AvgIpc) is 3.30. The summed E-state index contributed by atoms with van der Waals surface area (Å²) in [5, 5.41) is 17.8. The molecule has 0 unspecified atom stereocenters. The first-order valence-electron chi connectivity index (χ1n) is 11.6. The number of anilines is 2. The third-order valence-corrected chi connectivity index (χ3v) is 6.16. The number of nitrogens with two attached hydrogens (primary N) is 1. The van der Waals surface area contributed by atoms with Gasteiger partial charge in [-0.05, 0) is 31.5 Å². The molecule has 0 aliphatic heterocycles. The molecular formula is C25H24Cl2N8O3. The lowest BCUT2D eigenvalue weighted by Gasteiger charge is -2.08. The smallest absolute Gasteiger partial charge is 0.311 e. The predicted molar refractivity (Wildman–Crippen MR) is 146 cm³/mol. The van der Waals surface area contributed by atoms with E-state index in [0.717, 1.165) is 5.69 Å². The summed E-state index contributed by atoms with van der Waals surface area (Å²) >= 11 is 12.5. The molecule has 38 heavy (non-hydrogen) atoms. The van der Waals surface area contributed by atoms with E-state index in [4.69, 9.17) is 28.9 Å². The van der Waals surface area contributed by atoms with Crippen LogP contribution in [0.2, 0.25) is 10.0 Å². The number of nitrogens with one attached hydrogen (secondary N) is 2. The first-order valence-corrected chi connectivity index (χ1v) is 12.3. The Labute approximate surface area is 228 Å². The molecule has 0 fully saturated rings. The zero-order chi connectivity index (χ0) is 27.2. The number of nitro groups is 1. The maximum Gasteiger partial charge on any atom is 0.311 e. The molecule has 196 valence electrons. The van der Waals surface area contributed by atoms with Crippen LogP contribution in [0.5, 0.6) is 0 Å². The summed E-state index contributed by atoms with van der Waals surface area (Å²) in [4.78, 5) is 36.0. The molecule has 0 atom stereocenters. The third kappa shape index (κ3) is 6.55. The van der Waals surface area contributed by atoms with Crippen LogP contribution in [0, 0.1) is 17.0 Å². The van der Waals surface area contributed by atoms with Crippen molar-refractivity contribution in [3.05, 3.63) is 92.2 Å². The maximum absolute atomic E-state index is 13.2. The second-order valence-corrected chi connectivity index (χ2v) is 9.26. The fourth-order valence-corrected chi connectivity index (χ4v) is 4.23. The van der Waals surface area contributed by atoms with E-state index in [1.54, 1.807) is 36.8 Å². The molecule has 0 aliphatic carbocycles. The van der Waals surface area contributed by atoms with Gasteiger partial charge < -0.3 is 20.9 Å². The normalized spacial score (nSPS) is 10.8. The fraction of sp³-hybridized carbons (Fsp3) is 0.200. The number of hydrogen-bond donors (Lipinski definition) is 3. The van der Waals surface area contributed by atoms with Gasteiger partial charge in [-0.25, -0.2) is 4.98 Å². The highest BCUT2D eigenvalue weighted by molar-refractivity contribution is 6.36. The van der Waals surface area contributed by atoms with Gasteiger partial charge in [-0.1, -0.05) is 29.3 Å². The predicted octanol–water partition coefficient (Wildman–Crippen LogP) is 4.88. The van der Waals surface area contributed by atoms with Gasteiger partial charge in [0.15, 0.2) is 0 Å². The SMILES string of the molecule is Cc1cnc(CNC(=O)c2cn(CCCNc3ccc([N+](=O)[O-])c(N)n3)cc2-c2ccc(Cl)cc2Cl)cn1. The standard InChI is InChI=1S/C25H24Cl2N8O3/c1-15-10-31-17(11-30-15)12-32-25(36)20-14-34(13-19(20)18-4-3-16(26)9-21(18)27)8-2-7-29-23-6-5-22(35(37)38)24(28)33-23/h3-6,9-11,13-14H,2,7-8,12H2,1H3,(H,32,36)(H3,28,29,33). The fourth-order valence-electron chi connectivity index (χ4n) is 3.72. The van der Waals surface area contributed by atoms with Crippen molar-refractivity contribution >= 4 is 46.4 Å². The first-order chi connectivity index (χ1) is 18.2. The number of carbonyl (C=O) groups excluding carboxylic acids is 1. The highest BCUT2D eigenvalue weighted by atomic mass is 35.5. The van der Waals surface area contributed by atoms with E-state index < -0.39 is 4.92 Å². The zero-order valence-corrected chi connectivity index (χ0v) is 21.8. The third-order valence-electron chi connectivity index (χ3n) is 5.61. The lowest BCUT2D eigenvalue weighted by molar-refractivity contribution is -0.384. The number of hydrogen-bond acceptors (Lipinski definition) is 8. The van der Waals surface area contributed by atoms with Gasteiger partial charge in [-0.15, -0.1) is 0 Å². The second kappa shape index (κ2) is 11.9. The van der Waals surface area contributed by atoms with Gasteiger partial charge in [0.25, 0.3) is 5.91 Å². The van der Waals surface area contributed by atoms with Gasteiger partial charge in [-0.3, -0.25) is 24.9 Å². The molecule has 1 aromatic carbocycles. The quantitative estimate of drug-likeness (QED) is 0.142. The highest BCUT2D eigenvalue weighted by Gasteiger charge is 2.19. The molecule has 0 radical (unpaired) electrons. The van der Waals surface area contributed by atoms with E-state index in [-0.39, 0.29) is 24.0 Å². The van der Waals surface area contributed by atoms with Crippen LogP contribution in [0.25, 0.3) is 11.1 Å². The molecule has 4 N–H and O–H groups in total. The highest BCUT2D eigenvalue weighted by Crippen LogP contribution is 2.33. The topological polar surface area (TPSA) is 154 Å². The molecule has 0 bridgehead atoms. The zero-order valence-electron chi connectivity index (χ0n) is 20.3. The van der Waals surface area contributed by atoms with Crippen LogP contribution in [0.4, 0.5) is 17.3 Å². The second-order valence-electron chi connectivity index (χ2n) is 8.42. The number of pyridine rings is 1. The molecular weight excluding hydrogens is 531 g/mol. The van der Waals surface area contributed by atoms with Crippen molar-refractivity contribution in [2.45, 2.75) is 26.4 Å². The molecule has 1 amide bonds. The van der Waals surface area contributed by atoms with Crippen molar-refractivity contribution in [3.63, 3.8) is 0 Å². The van der Waals surface area contributed by atoms with E-state index in [1.165, 1.54) is 12.1 Å². The minimum atomic E-state index is -0.579. The number of amides is 1. The summed E-state index contributed by atoms with van der Waals surface area (Å²) in [5.74, 6) is 0.00602. The average molecular weight is 555 g/mol. The number of nitrogens with zero attached hydrogens (tertiary/aromatic N) is 5. The van der Waals surface area contributed by atoms with E-state index in [2.05, 4.69) is 25.6 Å². The van der Waals surface area contributed by atoms with Gasteiger partial charge in [0.1, 0.15) is 5.82 Å². The van der Waals surface area contributed by atoms with Crippen molar-refractivity contribution in [1.29, 1.82) is 0 Å². The molecule has 3 aromatic heterocycles. The van der Waals surface area contributed by atoms with Crippen molar-refractivity contribution in [2.24, 2.45) is 0 Å². The summed E-state index contributed by atoms with van der Waals surface area (Å²) in [7, 11) is 0. The number of carbonyl (C=O) groups is 1. The Hall–Kier alpha value is -4.22. The van der Waals surface area contributed by atoms with E-state index in [9.17, 15) is 14.9 Å². The van der Waals surface area contributed by atoms with Gasteiger partial charge >= 0.3 is 5.69 Å². The maximum atomic E-state index is 13.2. The van der Waals surface area contributed by atoms with Gasteiger partial charge in [-0.2, -0.15) is 0 Å². The molecule has 0 saturated carbocycles. The lowest BCUT2D eigenvalue weighted by atomic mass is 10.0. The van der Waals surface area contributed by atoms with Crippen molar-refractivity contribution < 1.29 is 9.72 Å². The summed E-state index contributed by atoms with van der Waals surface area (Å²) in [6, 6.07) is 7.94. The summed E-state index contributed by atoms with van der Waals surface area (Å²) in [6.45, 7) is 3.16. The molecule has 4 rings (SSSR count). The number of aryl methyl sites for hydroxylation is 2. The Morgan fingerprint density at radius 1 is 1.13 bits per heavy atom. The van der Waals surface area contributed by atoms with E-state index in [0.29, 0.717) is 57.8 Å². The summed E-state index contributed by atoms with van der Waals surface area (Å²) in [6.07, 6.45) is 7.56. The monoisotopic (exact) mass is 554 g/mol. The first kappa shape index (κ1) is 26.8. The van der Waals surface area contributed by atoms with Crippen LogP contribution < -0.4 is 16.4 Å². The number of aromatic nitrogens is 4. The van der Waals surface area contributed by atoms with Crippen LogP contribution in [-0.4, -0.2) is 36.9 Å². The largest absolute Gasteiger partial charge is 0.378 e. The Kier molecular flexibility index (Phi) is 8.39. The van der Waals surface area contributed by atoms with Crippen LogP contribution >= 0.6 is 23.2 Å². The molecule has 0 saturated heterocycles. The Balaban J connectivity index is 1.47. The number of halogens is 2. The minimum absolute atomic E-state index is 0.151. The Bertz CT molecular complexity index is 1470. The Morgan fingerprint density at radius 3 is 2.63 bits per heavy atom. The van der Waals surface area contributed by atoms with Crippen molar-refractivity contribution in [1.82, 2.24) is 24.8 Å². The molecule has 13 heteroatoms. The molecule has 0 aliphatic rings. The molecule has 11 nitrogen and oxygen atoms in total. The minimum Gasteiger partial charge on any atom is -0.378 e. The Morgan fingerprint density at radius 2 is 1.95 bits per heavy atom. The number of rotatable bonds is 10. The van der Waals surface area contributed by atoms with Crippen LogP contribution in [0.1, 0.15) is 28.2 Å². The van der Waals surface area contributed by atoms with Crippen LogP contribution in [-0.2, 0) is 13.1 Å². The number of benzene rings is 1. The van der Waals surface area contributed by atoms with Crippen molar-refractivity contribution in [2.75, 3.05) is 17.6 Å². The molecule has 4 aromatic rings. The van der Waals surface area contributed by atoms with Crippen molar-refractivity contribution in [3.8, 4) is 11.1 Å². The van der Waals surface area contributed by atoms with Gasteiger partial charge in [0, 0.05) is 58.9 Å². The lowest BCUT2D eigenvalue weighted by Crippen LogP contribution is -2.23.